The Bertz CT molecular complexity index is 354. The second-order valence-electron chi connectivity index (χ2n) is 4.02. The van der Waals surface area contributed by atoms with Crippen LogP contribution in [-0.2, 0) is 11.2 Å². The van der Waals surface area contributed by atoms with Crippen molar-refractivity contribution in [3.63, 3.8) is 0 Å². The smallest absolute Gasteiger partial charge is 0.227 e. The summed E-state index contributed by atoms with van der Waals surface area (Å²) >= 11 is 0. The molecule has 1 atom stereocenters. The van der Waals surface area contributed by atoms with Crippen LogP contribution in [0.1, 0.15) is 23.9 Å². The Morgan fingerprint density at radius 1 is 1.56 bits per heavy atom. The van der Waals surface area contributed by atoms with E-state index < -0.39 is 0 Å². The van der Waals surface area contributed by atoms with Gasteiger partial charge in [-0.2, -0.15) is 0 Å². The Hall–Kier alpha value is -1.36. The van der Waals surface area contributed by atoms with Crippen molar-refractivity contribution < 1.29 is 14.4 Å². The molecule has 1 amide bonds. The summed E-state index contributed by atoms with van der Waals surface area (Å²) in [6.45, 7) is 5.36. The molecule has 1 aromatic rings. The maximum absolute atomic E-state index is 11.9. The molecule has 0 saturated heterocycles. The molecule has 1 N–H and O–H groups in total. The zero-order valence-electron chi connectivity index (χ0n) is 10.1. The van der Waals surface area contributed by atoms with Gasteiger partial charge in [-0.1, -0.05) is 5.16 Å². The Balaban J connectivity index is 2.71. The molecule has 0 aliphatic heterocycles. The molecule has 0 saturated carbocycles. The number of carbonyl (C=O) groups excluding carboxylic acids is 1. The highest BCUT2D eigenvalue weighted by atomic mass is 16.5. The van der Waals surface area contributed by atoms with Crippen molar-refractivity contribution in [1.29, 1.82) is 0 Å². The highest BCUT2D eigenvalue weighted by Crippen LogP contribution is 2.14. The molecule has 16 heavy (non-hydrogen) atoms. The van der Waals surface area contributed by atoms with E-state index in [0.29, 0.717) is 5.76 Å². The predicted molar refractivity (Wildman–Crippen MR) is 59.0 cm³/mol. The monoisotopic (exact) mass is 226 g/mol. The number of nitrogens with zero attached hydrogens (tertiary/aromatic N) is 2. The normalized spacial score (nSPS) is 12.6. The highest BCUT2D eigenvalue weighted by Gasteiger charge is 2.19. The molecule has 0 fully saturated rings. The third kappa shape index (κ3) is 2.61. The fourth-order valence-electron chi connectivity index (χ4n) is 1.40. The van der Waals surface area contributed by atoms with Crippen molar-refractivity contribution in [3.05, 3.63) is 17.0 Å². The molecule has 1 rings (SSSR count). The van der Waals surface area contributed by atoms with E-state index in [0.717, 1.165) is 11.3 Å². The highest BCUT2D eigenvalue weighted by molar-refractivity contribution is 5.79. The van der Waals surface area contributed by atoms with Gasteiger partial charge in [0.2, 0.25) is 5.91 Å². The summed E-state index contributed by atoms with van der Waals surface area (Å²) in [5.41, 5.74) is 1.58. The van der Waals surface area contributed by atoms with Gasteiger partial charge in [0.1, 0.15) is 5.76 Å². The number of rotatable bonds is 4. The van der Waals surface area contributed by atoms with Gasteiger partial charge in [-0.05, 0) is 20.8 Å². The first-order valence-corrected chi connectivity index (χ1v) is 5.25. The maximum atomic E-state index is 11.9. The van der Waals surface area contributed by atoms with Crippen LogP contribution in [-0.4, -0.2) is 40.8 Å². The Labute approximate surface area is 95.0 Å². The van der Waals surface area contributed by atoms with Crippen LogP contribution in [0.4, 0.5) is 0 Å². The number of aliphatic hydroxyl groups is 1. The van der Waals surface area contributed by atoms with Crippen molar-refractivity contribution >= 4 is 5.91 Å². The molecule has 0 spiro atoms. The third-order valence-corrected chi connectivity index (χ3v) is 2.83. The summed E-state index contributed by atoms with van der Waals surface area (Å²) in [6, 6.07) is -0.173. The molecule has 5 nitrogen and oxygen atoms in total. The van der Waals surface area contributed by atoms with Gasteiger partial charge in [-0.3, -0.25) is 4.79 Å². The van der Waals surface area contributed by atoms with Gasteiger partial charge in [0.05, 0.1) is 24.8 Å². The number of hydrogen-bond acceptors (Lipinski definition) is 4. The van der Waals surface area contributed by atoms with Crippen molar-refractivity contribution in [2.24, 2.45) is 0 Å². The standard InChI is InChI=1S/C11H18N2O3/c1-7(6-14)13(4)11(15)5-10-8(2)12-16-9(10)3/h7,14H,5-6H2,1-4H3. The summed E-state index contributed by atoms with van der Waals surface area (Å²) in [5, 5.41) is 12.8. The van der Waals surface area contributed by atoms with E-state index in [2.05, 4.69) is 5.16 Å². The molecular formula is C11H18N2O3. The molecule has 0 radical (unpaired) electrons. The number of carbonyl (C=O) groups is 1. The van der Waals surface area contributed by atoms with E-state index in [-0.39, 0.29) is 25.0 Å². The first-order valence-electron chi connectivity index (χ1n) is 5.25. The van der Waals surface area contributed by atoms with Crippen LogP contribution < -0.4 is 0 Å². The van der Waals surface area contributed by atoms with E-state index in [1.54, 1.807) is 20.9 Å². The number of amides is 1. The van der Waals surface area contributed by atoms with Crippen molar-refractivity contribution in [2.75, 3.05) is 13.7 Å². The molecular weight excluding hydrogens is 208 g/mol. The second-order valence-corrected chi connectivity index (χ2v) is 4.02. The zero-order chi connectivity index (χ0) is 12.3. The lowest BCUT2D eigenvalue weighted by Gasteiger charge is -2.23. The molecule has 5 heteroatoms. The van der Waals surface area contributed by atoms with E-state index in [1.165, 1.54) is 4.90 Å². The van der Waals surface area contributed by atoms with E-state index in [4.69, 9.17) is 9.63 Å². The molecule has 0 aromatic carbocycles. The van der Waals surface area contributed by atoms with Crippen LogP contribution in [0.2, 0.25) is 0 Å². The topological polar surface area (TPSA) is 66.6 Å². The SMILES string of the molecule is Cc1noc(C)c1CC(=O)N(C)C(C)CO. The molecule has 1 aromatic heterocycles. The van der Waals surface area contributed by atoms with Crippen LogP contribution in [0.25, 0.3) is 0 Å². The van der Waals surface area contributed by atoms with E-state index in [9.17, 15) is 4.79 Å². The lowest BCUT2D eigenvalue weighted by molar-refractivity contribution is -0.131. The van der Waals surface area contributed by atoms with Crippen LogP contribution in [0.5, 0.6) is 0 Å². The van der Waals surface area contributed by atoms with Gasteiger partial charge >= 0.3 is 0 Å². The van der Waals surface area contributed by atoms with Gasteiger partial charge < -0.3 is 14.5 Å². The Kier molecular flexibility index (Phi) is 4.06. The van der Waals surface area contributed by atoms with Crippen LogP contribution in [0.3, 0.4) is 0 Å². The Morgan fingerprint density at radius 3 is 2.62 bits per heavy atom. The van der Waals surface area contributed by atoms with Gasteiger partial charge in [-0.15, -0.1) is 0 Å². The van der Waals surface area contributed by atoms with E-state index in [1.807, 2.05) is 6.92 Å². The number of hydrogen-bond donors (Lipinski definition) is 1. The van der Waals surface area contributed by atoms with Crippen LogP contribution >= 0.6 is 0 Å². The second kappa shape index (κ2) is 5.12. The number of aryl methyl sites for hydroxylation is 2. The number of aliphatic hydroxyl groups excluding tert-OH is 1. The molecule has 1 unspecified atom stereocenters. The largest absolute Gasteiger partial charge is 0.394 e. The van der Waals surface area contributed by atoms with Crippen LogP contribution in [0.15, 0.2) is 4.52 Å². The lowest BCUT2D eigenvalue weighted by atomic mass is 10.1. The molecule has 1 heterocycles. The zero-order valence-corrected chi connectivity index (χ0v) is 10.1. The molecule has 0 aliphatic carbocycles. The van der Waals surface area contributed by atoms with Crippen molar-refractivity contribution in [2.45, 2.75) is 33.2 Å². The van der Waals surface area contributed by atoms with Crippen molar-refractivity contribution in [3.8, 4) is 0 Å². The van der Waals surface area contributed by atoms with Gasteiger partial charge in [0.15, 0.2) is 0 Å². The maximum Gasteiger partial charge on any atom is 0.227 e. The van der Waals surface area contributed by atoms with Gasteiger partial charge in [0, 0.05) is 12.6 Å². The fraction of sp³-hybridized carbons (Fsp3) is 0.636. The average molecular weight is 226 g/mol. The minimum atomic E-state index is -0.173. The number of likely N-dealkylation sites (N-methyl/N-ethyl adjacent to an activating group) is 1. The van der Waals surface area contributed by atoms with Crippen LogP contribution in [0, 0.1) is 13.8 Å². The minimum Gasteiger partial charge on any atom is -0.394 e. The minimum absolute atomic E-state index is 0.0379. The summed E-state index contributed by atoms with van der Waals surface area (Å²) in [5.74, 6) is 0.631. The molecule has 0 bridgehead atoms. The fourth-order valence-corrected chi connectivity index (χ4v) is 1.40. The summed E-state index contributed by atoms with van der Waals surface area (Å²) in [6.07, 6.45) is 0.266. The predicted octanol–water partition coefficient (Wildman–Crippen LogP) is 0.673. The third-order valence-electron chi connectivity index (χ3n) is 2.83. The average Bonchev–Trinajstić information content (AvgIpc) is 2.58. The van der Waals surface area contributed by atoms with E-state index >= 15 is 0 Å². The quantitative estimate of drug-likeness (QED) is 0.819. The first-order chi connectivity index (χ1) is 7.47. The molecule has 0 aliphatic rings. The summed E-state index contributed by atoms with van der Waals surface area (Å²) in [4.78, 5) is 13.4. The first kappa shape index (κ1) is 12.7. The van der Waals surface area contributed by atoms with Gasteiger partial charge in [0.25, 0.3) is 0 Å². The van der Waals surface area contributed by atoms with Crippen molar-refractivity contribution in [1.82, 2.24) is 10.1 Å². The lowest BCUT2D eigenvalue weighted by Crippen LogP contribution is -2.38. The summed E-state index contributed by atoms with van der Waals surface area (Å²) in [7, 11) is 1.68. The van der Waals surface area contributed by atoms with Gasteiger partial charge in [-0.25, -0.2) is 0 Å². The Morgan fingerprint density at radius 2 is 2.19 bits per heavy atom. The number of aromatic nitrogens is 1. The molecule has 90 valence electrons. The summed E-state index contributed by atoms with van der Waals surface area (Å²) < 4.78 is 4.99.